The molecular weight excluding hydrogens is 470 g/mol. The maximum absolute atomic E-state index is 13.1. The summed E-state index contributed by atoms with van der Waals surface area (Å²) in [5.74, 6) is 1.68. The van der Waals surface area contributed by atoms with Crippen LogP contribution in [0.25, 0.3) is 17.1 Å². The minimum Gasteiger partial charge on any atom is -0.497 e. The molecule has 1 amide bonds. The van der Waals surface area contributed by atoms with Crippen LogP contribution in [0, 0.1) is 6.92 Å². The summed E-state index contributed by atoms with van der Waals surface area (Å²) in [7, 11) is 1.65. The smallest absolute Gasteiger partial charge is 0.253 e. The minimum absolute atomic E-state index is 0.0559. The maximum atomic E-state index is 13.1. The van der Waals surface area contributed by atoms with Gasteiger partial charge in [-0.15, -0.1) is 10.2 Å². The Kier molecular flexibility index (Phi) is 7.13. The Morgan fingerprint density at radius 2 is 1.78 bits per heavy atom. The first-order valence-electron chi connectivity index (χ1n) is 11.9. The number of methoxy groups -OCH3 is 1. The van der Waals surface area contributed by atoms with Crippen LogP contribution < -0.4 is 4.74 Å². The molecule has 0 atom stereocenters. The van der Waals surface area contributed by atoms with Gasteiger partial charge in [0.25, 0.3) is 5.91 Å². The molecule has 182 valence electrons. The van der Waals surface area contributed by atoms with Crippen molar-refractivity contribution in [2.45, 2.75) is 24.9 Å². The molecule has 1 aliphatic heterocycles. The van der Waals surface area contributed by atoms with Gasteiger partial charge < -0.3 is 4.74 Å². The summed E-state index contributed by atoms with van der Waals surface area (Å²) in [5, 5.41) is 15.8. The zero-order chi connectivity index (χ0) is 24.9. The van der Waals surface area contributed by atoms with Crippen LogP contribution in [0.5, 0.6) is 5.75 Å². The van der Waals surface area contributed by atoms with Crippen molar-refractivity contribution in [1.29, 1.82) is 0 Å². The van der Waals surface area contributed by atoms with E-state index in [1.54, 1.807) is 12.1 Å². The third-order valence-corrected chi connectivity index (χ3v) is 6.91. The van der Waals surface area contributed by atoms with Gasteiger partial charge in [0.15, 0.2) is 11.0 Å². The van der Waals surface area contributed by atoms with Crippen LogP contribution in [0.15, 0.2) is 89.1 Å². The first kappa shape index (κ1) is 23.8. The van der Waals surface area contributed by atoms with Crippen LogP contribution in [0.3, 0.4) is 0 Å². The minimum atomic E-state index is -0.0559. The Hall–Kier alpha value is -3.91. The fourth-order valence-corrected chi connectivity index (χ4v) is 4.91. The van der Waals surface area contributed by atoms with Gasteiger partial charge in [-0.2, -0.15) is 5.10 Å². The molecule has 0 saturated carbocycles. The van der Waals surface area contributed by atoms with Crippen molar-refractivity contribution < 1.29 is 9.53 Å². The Bertz CT molecular complexity index is 1380. The second kappa shape index (κ2) is 10.8. The Balaban J connectivity index is 1.37. The maximum Gasteiger partial charge on any atom is 0.253 e. The van der Waals surface area contributed by atoms with E-state index in [-0.39, 0.29) is 11.7 Å². The predicted molar refractivity (Wildman–Crippen MR) is 143 cm³/mol. The number of carbonyl (C=O) groups excluding carboxylic acids is 1. The Morgan fingerprint density at radius 1 is 0.972 bits per heavy atom. The fourth-order valence-electron chi connectivity index (χ4n) is 4.09. The lowest BCUT2D eigenvalue weighted by molar-refractivity contribution is -0.128. The average molecular weight is 498 g/mol. The predicted octanol–water partition coefficient (Wildman–Crippen LogP) is 5.37. The van der Waals surface area contributed by atoms with E-state index in [0.29, 0.717) is 11.7 Å². The zero-order valence-electron chi connectivity index (χ0n) is 20.3. The SMILES string of the molecule is COc1cccc(C2=NN(C(=O)CSc3nnc(-c4ccc(C)cc4)n3-c3ccccc3)CCC2)c1. The first-order valence-corrected chi connectivity index (χ1v) is 12.8. The largest absolute Gasteiger partial charge is 0.497 e. The van der Waals surface area contributed by atoms with Gasteiger partial charge in [-0.05, 0) is 44.0 Å². The van der Waals surface area contributed by atoms with Crippen molar-refractivity contribution in [2.75, 3.05) is 19.4 Å². The number of ether oxygens (including phenoxy) is 1. The number of carbonyl (C=O) groups is 1. The van der Waals surface area contributed by atoms with Crippen molar-refractivity contribution in [3.63, 3.8) is 0 Å². The molecule has 0 fully saturated rings. The average Bonchev–Trinajstić information content (AvgIpc) is 3.36. The Morgan fingerprint density at radius 3 is 2.56 bits per heavy atom. The van der Waals surface area contributed by atoms with Gasteiger partial charge in [0.05, 0.1) is 18.6 Å². The number of aromatic nitrogens is 3. The summed E-state index contributed by atoms with van der Waals surface area (Å²) in [5.41, 5.74) is 4.97. The highest BCUT2D eigenvalue weighted by atomic mass is 32.2. The van der Waals surface area contributed by atoms with E-state index in [1.807, 2.05) is 71.3 Å². The number of aryl methyl sites for hydroxylation is 1. The number of benzene rings is 3. The molecule has 4 aromatic rings. The first-order chi connectivity index (χ1) is 17.6. The summed E-state index contributed by atoms with van der Waals surface area (Å²) < 4.78 is 7.34. The number of para-hydroxylation sites is 1. The molecule has 0 unspecified atom stereocenters. The fraction of sp³-hybridized carbons (Fsp3) is 0.214. The van der Waals surface area contributed by atoms with Gasteiger partial charge in [0, 0.05) is 23.4 Å². The van der Waals surface area contributed by atoms with Crippen LogP contribution in [-0.2, 0) is 4.79 Å². The molecule has 1 aromatic heterocycles. The summed E-state index contributed by atoms with van der Waals surface area (Å²) in [6.45, 7) is 2.66. The number of rotatable bonds is 7. The molecule has 0 saturated heterocycles. The second-order valence-electron chi connectivity index (χ2n) is 8.53. The third-order valence-electron chi connectivity index (χ3n) is 6.00. The van der Waals surface area contributed by atoms with Gasteiger partial charge in [-0.3, -0.25) is 9.36 Å². The number of nitrogens with zero attached hydrogens (tertiary/aromatic N) is 5. The summed E-state index contributed by atoms with van der Waals surface area (Å²) >= 11 is 1.37. The molecule has 2 heterocycles. The van der Waals surface area contributed by atoms with Crippen molar-refractivity contribution in [3.8, 4) is 22.8 Å². The van der Waals surface area contributed by atoms with Crippen LogP contribution in [0.2, 0.25) is 0 Å². The quantitative estimate of drug-likeness (QED) is 0.321. The van der Waals surface area contributed by atoms with Crippen molar-refractivity contribution in [3.05, 3.63) is 90.0 Å². The molecule has 3 aromatic carbocycles. The van der Waals surface area contributed by atoms with E-state index in [4.69, 9.17) is 4.74 Å². The second-order valence-corrected chi connectivity index (χ2v) is 9.47. The van der Waals surface area contributed by atoms with E-state index >= 15 is 0 Å². The highest BCUT2D eigenvalue weighted by Gasteiger charge is 2.22. The molecule has 36 heavy (non-hydrogen) atoms. The van der Waals surface area contributed by atoms with Crippen LogP contribution in [0.4, 0.5) is 0 Å². The molecule has 0 radical (unpaired) electrons. The van der Waals surface area contributed by atoms with Crippen LogP contribution in [-0.4, -0.2) is 50.8 Å². The summed E-state index contributed by atoms with van der Waals surface area (Å²) in [6.07, 6.45) is 1.69. The van der Waals surface area contributed by atoms with E-state index < -0.39 is 0 Å². The van der Waals surface area contributed by atoms with Gasteiger partial charge >= 0.3 is 0 Å². The van der Waals surface area contributed by atoms with E-state index in [0.717, 1.165) is 46.9 Å². The molecule has 0 aliphatic carbocycles. The molecular formula is C28H27N5O2S. The molecule has 0 spiro atoms. The molecule has 0 N–H and O–H groups in total. The zero-order valence-corrected chi connectivity index (χ0v) is 21.1. The van der Waals surface area contributed by atoms with E-state index in [1.165, 1.54) is 17.3 Å². The highest BCUT2D eigenvalue weighted by Crippen LogP contribution is 2.29. The van der Waals surface area contributed by atoms with Crippen LogP contribution in [0.1, 0.15) is 24.0 Å². The topological polar surface area (TPSA) is 72.6 Å². The highest BCUT2D eigenvalue weighted by molar-refractivity contribution is 7.99. The standard InChI is InChI=1S/C28H27N5O2S/c1-20-13-15-21(16-14-20)27-29-30-28(33(27)23-9-4-3-5-10-23)36-19-26(34)32-17-7-12-25(31-32)22-8-6-11-24(18-22)35-2/h3-6,8-11,13-16,18H,7,12,17,19H2,1-2H3. The van der Waals surface area contributed by atoms with Crippen molar-refractivity contribution in [1.82, 2.24) is 19.8 Å². The van der Waals surface area contributed by atoms with Gasteiger partial charge in [-0.25, -0.2) is 5.01 Å². The molecule has 7 nitrogen and oxygen atoms in total. The van der Waals surface area contributed by atoms with Gasteiger partial charge in [0.2, 0.25) is 0 Å². The summed E-state index contributed by atoms with van der Waals surface area (Å²) in [4.78, 5) is 13.1. The number of hydrogen-bond acceptors (Lipinski definition) is 6. The lowest BCUT2D eigenvalue weighted by Crippen LogP contribution is -2.33. The number of hydrazone groups is 1. The molecule has 8 heteroatoms. The molecule has 0 bridgehead atoms. The number of amides is 1. The van der Waals surface area contributed by atoms with Gasteiger partial charge in [-0.1, -0.05) is 71.9 Å². The third kappa shape index (κ3) is 5.18. The van der Waals surface area contributed by atoms with E-state index in [2.05, 4.69) is 34.4 Å². The van der Waals surface area contributed by atoms with Crippen molar-refractivity contribution >= 4 is 23.4 Å². The van der Waals surface area contributed by atoms with E-state index in [9.17, 15) is 4.79 Å². The molecule has 5 rings (SSSR count). The lowest BCUT2D eigenvalue weighted by Gasteiger charge is -2.23. The molecule has 1 aliphatic rings. The van der Waals surface area contributed by atoms with Crippen LogP contribution >= 0.6 is 11.8 Å². The lowest BCUT2D eigenvalue weighted by atomic mass is 10.0. The normalized spacial score (nSPS) is 13.4. The number of hydrogen-bond donors (Lipinski definition) is 0. The summed E-state index contributed by atoms with van der Waals surface area (Å²) in [6, 6.07) is 26.0. The van der Waals surface area contributed by atoms with Crippen molar-refractivity contribution in [2.24, 2.45) is 5.10 Å². The van der Waals surface area contributed by atoms with Gasteiger partial charge in [0.1, 0.15) is 5.75 Å². The monoisotopic (exact) mass is 497 g/mol. The number of thioether (sulfide) groups is 1. The Labute approximate surface area is 214 Å².